The van der Waals surface area contributed by atoms with Crippen LogP contribution in [-0.2, 0) is 21.9 Å². The number of amides is 3. The zero-order chi connectivity index (χ0) is 43.8. The second-order valence-corrected chi connectivity index (χ2v) is 18.6. The summed E-state index contributed by atoms with van der Waals surface area (Å²) in [5.74, 6) is -0.151. The van der Waals surface area contributed by atoms with Crippen LogP contribution in [0.4, 0.5) is 20.7 Å². The van der Waals surface area contributed by atoms with Crippen LogP contribution >= 0.6 is 0 Å². The van der Waals surface area contributed by atoms with Crippen molar-refractivity contribution in [3.8, 4) is 5.75 Å². The summed E-state index contributed by atoms with van der Waals surface area (Å²) in [5.41, 5.74) is 7.98. The number of carbonyl (C=O) groups excluding carboxylic acids is 2. The molecule has 4 aromatic rings. The van der Waals surface area contributed by atoms with E-state index in [0.29, 0.717) is 25.3 Å². The zero-order valence-corrected chi connectivity index (χ0v) is 36.0. The highest BCUT2D eigenvalue weighted by Crippen LogP contribution is 2.40. The Labute approximate surface area is 354 Å². The standard InChI is InChI=1S/C42H53FN12O5S/c1-26(2)60-38-37(30(21-44)22-45)47-25-55(46-5)40(38)48-34-12-10-31(19-33(34)43)61(58,59)53-15-7-8-27(24-53)23-52-16-13-29(20-42(52,3)4)28-9-11-32-35(18-28)51(6)50-39(32)54-17-14-36(56)49-41(54)57/h9-12,18-19,21-22,25-27,29,44H,5,7-8,13-17,20,23-24,45H2,1-4,6H3,(H,49,56,57)/b30-22+,44-21?,48-40?. The van der Waals surface area contributed by atoms with E-state index in [1.165, 1.54) is 44.1 Å². The van der Waals surface area contributed by atoms with Gasteiger partial charge in [0, 0.05) is 75.3 Å². The van der Waals surface area contributed by atoms with Gasteiger partial charge in [-0.1, -0.05) is 6.07 Å². The zero-order valence-electron chi connectivity index (χ0n) is 35.1. The van der Waals surface area contributed by atoms with Crippen molar-refractivity contribution in [3.63, 3.8) is 0 Å². The van der Waals surface area contributed by atoms with Crippen LogP contribution in [-0.4, -0.2) is 106 Å². The molecule has 7 rings (SSSR count). The molecule has 2 atom stereocenters. The topological polar surface area (TPSA) is 209 Å². The van der Waals surface area contributed by atoms with Crippen molar-refractivity contribution in [1.29, 1.82) is 5.41 Å². The van der Waals surface area contributed by atoms with Gasteiger partial charge in [-0.25, -0.2) is 32.3 Å². The van der Waals surface area contributed by atoms with Gasteiger partial charge in [-0.15, -0.1) is 0 Å². The highest BCUT2D eigenvalue weighted by atomic mass is 32.2. The Kier molecular flexibility index (Phi) is 12.3. The molecule has 4 N–H and O–H groups in total. The lowest BCUT2D eigenvalue weighted by Crippen LogP contribution is -2.53. The lowest BCUT2D eigenvalue weighted by atomic mass is 9.78. The largest absolute Gasteiger partial charge is 0.485 e. The van der Waals surface area contributed by atoms with Crippen molar-refractivity contribution >= 4 is 62.9 Å². The molecular weight excluding hydrogens is 804 g/mol. The van der Waals surface area contributed by atoms with Gasteiger partial charge >= 0.3 is 6.03 Å². The van der Waals surface area contributed by atoms with E-state index in [1.54, 1.807) is 18.5 Å². The predicted molar refractivity (Wildman–Crippen MR) is 231 cm³/mol. The minimum Gasteiger partial charge on any atom is -0.485 e. The summed E-state index contributed by atoms with van der Waals surface area (Å²) < 4.78 is 54.4. The minimum atomic E-state index is -4.04. The molecule has 2 aromatic carbocycles. The van der Waals surface area contributed by atoms with Gasteiger partial charge in [-0.2, -0.15) is 14.5 Å². The second kappa shape index (κ2) is 17.3. The predicted octanol–water partition coefficient (Wildman–Crippen LogP) is 4.85. The molecule has 0 aliphatic carbocycles. The number of sulfonamides is 1. The number of aromatic nitrogens is 4. The van der Waals surface area contributed by atoms with Crippen LogP contribution in [0.2, 0.25) is 0 Å². The van der Waals surface area contributed by atoms with Crippen LogP contribution in [0.15, 0.2) is 63.9 Å². The van der Waals surface area contributed by atoms with Gasteiger partial charge in [0.05, 0.1) is 16.5 Å². The number of carbonyl (C=O) groups is 2. The molecule has 5 heterocycles. The third-order valence-electron chi connectivity index (χ3n) is 11.8. The molecule has 3 saturated heterocycles. The molecule has 2 aromatic heterocycles. The van der Waals surface area contributed by atoms with Gasteiger partial charge in [0.2, 0.25) is 21.4 Å². The molecule has 61 heavy (non-hydrogen) atoms. The van der Waals surface area contributed by atoms with Crippen LogP contribution in [0.1, 0.15) is 77.0 Å². The third-order valence-corrected chi connectivity index (χ3v) is 13.6. The number of nitrogens with one attached hydrogen (secondary N) is 2. The van der Waals surface area contributed by atoms with E-state index in [0.717, 1.165) is 55.5 Å². The number of hydrogen-bond donors (Lipinski definition) is 3. The van der Waals surface area contributed by atoms with Gasteiger partial charge < -0.3 is 15.9 Å². The van der Waals surface area contributed by atoms with Gasteiger partial charge in [0.15, 0.2) is 11.6 Å². The van der Waals surface area contributed by atoms with Crippen molar-refractivity contribution in [2.24, 2.45) is 28.8 Å². The maximum Gasteiger partial charge on any atom is 0.329 e. The minimum absolute atomic E-state index is 0.0312. The highest BCUT2D eigenvalue weighted by molar-refractivity contribution is 7.89. The molecule has 2 unspecified atom stereocenters. The normalized spacial score (nSPS) is 20.9. The fourth-order valence-electron chi connectivity index (χ4n) is 8.64. The van der Waals surface area contributed by atoms with Crippen LogP contribution in [0.3, 0.4) is 0 Å². The number of fused-ring (bicyclic) bond motifs is 1. The van der Waals surface area contributed by atoms with Gasteiger partial charge in [-0.3, -0.25) is 24.6 Å². The Hall–Kier alpha value is -5.79. The maximum absolute atomic E-state index is 15.9. The smallest absolute Gasteiger partial charge is 0.329 e. The molecule has 3 fully saturated rings. The van der Waals surface area contributed by atoms with Gasteiger partial charge in [-0.05, 0) is 108 Å². The number of urea groups is 1. The summed E-state index contributed by atoms with van der Waals surface area (Å²) >= 11 is 0. The van der Waals surface area contributed by atoms with Crippen molar-refractivity contribution in [1.82, 2.24) is 34.0 Å². The van der Waals surface area contributed by atoms with E-state index in [4.69, 9.17) is 15.9 Å². The number of likely N-dealkylation sites (tertiary alicyclic amines) is 1. The molecule has 3 aliphatic heterocycles. The van der Waals surface area contributed by atoms with Crippen molar-refractivity contribution in [2.45, 2.75) is 82.3 Å². The van der Waals surface area contributed by atoms with Crippen molar-refractivity contribution in [3.05, 3.63) is 71.5 Å². The number of rotatable bonds is 12. The molecule has 0 radical (unpaired) electrons. The van der Waals surface area contributed by atoms with Crippen molar-refractivity contribution in [2.75, 3.05) is 37.6 Å². The van der Waals surface area contributed by atoms with E-state index in [-0.39, 0.29) is 75.4 Å². The number of ether oxygens (including phenoxy) is 1. The Morgan fingerprint density at radius 1 is 1.16 bits per heavy atom. The van der Waals surface area contributed by atoms with E-state index < -0.39 is 21.9 Å². The molecule has 19 heteroatoms. The first-order chi connectivity index (χ1) is 29.0. The van der Waals surface area contributed by atoms with Crippen LogP contribution in [0.5, 0.6) is 5.75 Å². The number of hydrogen-bond acceptors (Lipinski definition) is 12. The quantitative estimate of drug-likeness (QED) is 0.166. The number of imide groups is 1. The highest BCUT2D eigenvalue weighted by Gasteiger charge is 2.39. The first-order valence-electron chi connectivity index (χ1n) is 20.4. The molecule has 0 spiro atoms. The fourth-order valence-corrected chi connectivity index (χ4v) is 10.2. The average molecular weight is 857 g/mol. The average Bonchev–Trinajstić information content (AvgIpc) is 3.55. The Morgan fingerprint density at radius 3 is 2.62 bits per heavy atom. The van der Waals surface area contributed by atoms with E-state index in [1.807, 2.05) is 13.1 Å². The van der Waals surface area contributed by atoms with E-state index in [9.17, 15) is 18.0 Å². The van der Waals surface area contributed by atoms with E-state index in [2.05, 4.69) is 63.1 Å². The number of piperidine rings is 2. The SMILES string of the molecule is C=Nn1cnc(/C(C=N)=C/N)c(OC(C)C)c1=Nc1ccc(S(=O)(=O)N2CCCC(CN3CCC(c4ccc5c(N6CCC(=O)NC6=O)nn(C)c5c4)CC3(C)C)C2)cc1F. The molecule has 3 amide bonds. The number of allylic oxidation sites excluding steroid dienone is 1. The van der Waals surface area contributed by atoms with Crippen LogP contribution < -0.4 is 26.2 Å². The summed E-state index contributed by atoms with van der Waals surface area (Å²) in [6.07, 6.45) is 6.74. The van der Waals surface area contributed by atoms with Crippen molar-refractivity contribution < 1.29 is 27.1 Å². The lowest BCUT2D eigenvalue weighted by Gasteiger charge is -2.48. The molecule has 324 valence electrons. The summed E-state index contributed by atoms with van der Waals surface area (Å²) in [5, 5.41) is 19.6. The van der Waals surface area contributed by atoms with Gasteiger partial charge in [0.1, 0.15) is 23.5 Å². The third kappa shape index (κ3) is 8.72. The Morgan fingerprint density at radius 2 is 1.95 bits per heavy atom. The monoisotopic (exact) mass is 856 g/mol. The summed E-state index contributed by atoms with van der Waals surface area (Å²) in [7, 11) is -2.19. The second-order valence-electron chi connectivity index (χ2n) is 16.7. The number of benzene rings is 2. The van der Waals surface area contributed by atoms with Crippen LogP contribution in [0.25, 0.3) is 16.5 Å². The lowest BCUT2D eigenvalue weighted by molar-refractivity contribution is -0.120. The molecule has 17 nitrogen and oxygen atoms in total. The number of anilines is 1. The molecule has 3 aliphatic rings. The van der Waals surface area contributed by atoms with Gasteiger partial charge in [0.25, 0.3) is 0 Å². The summed E-state index contributed by atoms with van der Waals surface area (Å²) in [4.78, 5) is 36.9. The molecule has 0 saturated carbocycles. The maximum atomic E-state index is 15.9. The first-order valence-corrected chi connectivity index (χ1v) is 21.8. The first kappa shape index (κ1) is 43.3. The number of aryl methyl sites for hydroxylation is 1. The molecule has 0 bridgehead atoms. The fraction of sp³-hybridized carbons (Fsp3) is 0.452. The summed E-state index contributed by atoms with van der Waals surface area (Å²) in [6, 6.07) is 9.46. The van der Waals surface area contributed by atoms with E-state index >= 15 is 4.39 Å². The number of nitrogens with zero attached hydrogens (tertiary/aromatic N) is 9. The van der Waals surface area contributed by atoms with Crippen LogP contribution in [0, 0.1) is 17.1 Å². The summed E-state index contributed by atoms with van der Waals surface area (Å²) in [6.45, 7) is 14.1. The molecular formula is C42H53FN12O5S. The Bertz CT molecular complexity index is 2600. The number of halogens is 1. The Balaban J connectivity index is 1.05. The number of nitrogens with two attached hydrogens (primary N) is 1.